The van der Waals surface area contributed by atoms with Gasteiger partial charge in [0.15, 0.2) is 0 Å². The van der Waals surface area contributed by atoms with Gasteiger partial charge in [0.05, 0.1) is 15.6 Å². The van der Waals surface area contributed by atoms with Gasteiger partial charge in [-0.1, -0.05) is 17.7 Å². The molecule has 7 heteroatoms. The van der Waals surface area contributed by atoms with Crippen molar-refractivity contribution in [3.05, 3.63) is 53.3 Å². The highest BCUT2D eigenvalue weighted by Crippen LogP contribution is 2.28. The zero-order valence-corrected chi connectivity index (χ0v) is 11.0. The minimum atomic E-state index is -3.93. The monoisotopic (exact) mass is 301 g/mol. The van der Waals surface area contributed by atoms with Crippen LogP contribution in [0, 0.1) is 5.82 Å². The van der Waals surface area contributed by atoms with Gasteiger partial charge in [-0.25, -0.2) is 12.8 Å². The lowest BCUT2D eigenvalue weighted by Gasteiger charge is -2.09. The molecular formula is C12H9ClFNO3S. The van der Waals surface area contributed by atoms with Gasteiger partial charge < -0.3 is 5.11 Å². The molecule has 100 valence electrons. The molecule has 0 amide bonds. The summed E-state index contributed by atoms with van der Waals surface area (Å²) in [6.07, 6.45) is 0. The maximum Gasteiger partial charge on any atom is 0.262 e. The average molecular weight is 302 g/mol. The normalized spacial score (nSPS) is 11.3. The molecule has 0 atom stereocenters. The van der Waals surface area contributed by atoms with Gasteiger partial charge in [0.2, 0.25) is 0 Å². The molecule has 0 aliphatic rings. The second-order valence-corrected chi connectivity index (χ2v) is 5.82. The van der Waals surface area contributed by atoms with Crippen molar-refractivity contribution in [2.24, 2.45) is 0 Å². The highest BCUT2D eigenvalue weighted by molar-refractivity contribution is 7.92. The number of hydrogen-bond acceptors (Lipinski definition) is 3. The molecule has 0 saturated carbocycles. The number of phenols is 1. The molecule has 0 saturated heterocycles. The number of hydrogen-bond donors (Lipinski definition) is 2. The summed E-state index contributed by atoms with van der Waals surface area (Å²) >= 11 is 5.79. The molecule has 2 N–H and O–H groups in total. The third-order valence-corrected chi connectivity index (χ3v) is 3.98. The van der Waals surface area contributed by atoms with Crippen LogP contribution in [0.2, 0.25) is 5.02 Å². The van der Waals surface area contributed by atoms with Gasteiger partial charge in [-0.05, 0) is 30.3 Å². The van der Waals surface area contributed by atoms with Crippen LogP contribution in [0.25, 0.3) is 0 Å². The van der Waals surface area contributed by atoms with Crippen LogP contribution in [-0.4, -0.2) is 13.5 Å². The molecule has 0 unspecified atom stereocenters. The summed E-state index contributed by atoms with van der Waals surface area (Å²) in [7, 11) is -3.93. The van der Waals surface area contributed by atoms with Crippen molar-refractivity contribution in [3.8, 4) is 5.75 Å². The Kier molecular flexibility index (Phi) is 3.64. The number of halogens is 2. The molecule has 2 rings (SSSR count). The second-order valence-electron chi connectivity index (χ2n) is 3.73. The average Bonchev–Trinajstić information content (AvgIpc) is 2.33. The third kappa shape index (κ3) is 3.15. The van der Waals surface area contributed by atoms with E-state index in [0.717, 1.165) is 12.1 Å². The van der Waals surface area contributed by atoms with Gasteiger partial charge in [-0.15, -0.1) is 0 Å². The van der Waals surface area contributed by atoms with Crippen molar-refractivity contribution in [1.29, 1.82) is 0 Å². The second kappa shape index (κ2) is 5.07. The summed E-state index contributed by atoms with van der Waals surface area (Å²) in [5.74, 6) is -0.738. The highest BCUT2D eigenvalue weighted by Gasteiger charge is 2.16. The third-order valence-electron chi connectivity index (χ3n) is 2.30. The molecular weight excluding hydrogens is 293 g/mol. The van der Waals surface area contributed by atoms with Crippen LogP contribution in [-0.2, 0) is 10.0 Å². The van der Waals surface area contributed by atoms with E-state index in [2.05, 4.69) is 4.72 Å². The number of rotatable bonds is 3. The molecule has 2 aromatic carbocycles. The van der Waals surface area contributed by atoms with Crippen molar-refractivity contribution in [1.82, 2.24) is 0 Å². The Labute approximate surface area is 114 Å². The maximum absolute atomic E-state index is 13.0. The van der Waals surface area contributed by atoms with Crippen LogP contribution >= 0.6 is 11.6 Å². The number of benzene rings is 2. The first-order valence-electron chi connectivity index (χ1n) is 5.15. The molecule has 0 aromatic heterocycles. The quantitative estimate of drug-likeness (QED) is 0.857. The maximum atomic E-state index is 13.0. The first kappa shape index (κ1) is 13.6. The lowest BCUT2D eigenvalue weighted by Crippen LogP contribution is -2.13. The molecule has 4 nitrogen and oxygen atoms in total. The standard InChI is InChI=1S/C12H9ClFNO3S/c13-11-7-9(16)4-5-12(11)15-19(17,18)10-3-1-2-8(14)6-10/h1-7,15-16H. The van der Waals surface area contributed by atoms with Crippen molar-refractivity contribution < 1.29 is 17.9 Å². The van der Waals surface area contributed by atoms with E-state index in [1.54, 1.807) is 0 Å². The number of nitrogens with one attached hydrogen (secondary N) is 1. The topological polar surface area (TPSA) is 66.4 Å². The summed E-state index contributed by atoms with van der Waals surface area (Å²) in [5.41, 5.74) is 0.101. The van der Waals surface area contributed by atoms with E-state index in [0.29, 0.717) is 0 Å². The minimum absolute atomic E-state index is 0.0416. The number of phenolic OH excluding ortho intramolecular Hbond substituents is 1. The van der Waals surface area contributed by atoms with Gasteiger partial charge in [0.25, 0.3) is 10.0 Å². The van der Waals surface area contributed by atoms with Crippen molar-refractivity contribution in [3.63, 3.8) is 0 Å². The SMILES string of the molecule is O=S(=O)(Nc1ccc(O)cc1Cl)c1cccc(F)c1. The summed E-state index contributed by atoms with van der Waals surface area (Å²) in [6.45, 7) is 0. The molecule has 0 radical (unpaired) electrons. The minimum Gasteiger partial charge on any atom is -0.508 e. The predicted octanol–water partition coefficient (Wildman–Crippen LogP) is 2.99. The van der Waals surface area contributed by atoms with E-state index in [9.17, 15) is 17.9 Å². The Morgan fingerprint density at radius 3 is 2.53 bits per heavy atom. The Hall–Kier alpha value is -1.79. The van der Waals surface area contributed by atoms with E-state index in [-0.39, 0.29) is 21.4 Å². The summed E-state index contributed by atoms with van der Waals surface area (Å²) in [6, 6.07) is 8.40. The van der Waals surface area contributed by atoms with Gasteiger partial charge >= 0.3 is 0 Å². The predicted molar refractivity (Wildman–Crippen MR) is 70.3 cm³/mol. The van der Waals surface area contributed by atoms with Crippen molar-refractivity contribution >= 4 is 27.3 Å². The Balaban J connectivity index is 2.36. The van der Waals surface area contributed by atoms with Crippen LogP contribution in [0.4, 0.5) is 10.1 Å². The smallest absolute Gasteiger partial charge is 0.262 e. The molecule has 0 heterocycles. The summed E-state index contributed by atoms with van der Waals surface area (Å²) in [5, 5.41) is 9.22. The lowest BCUT2D eigenvalue weighted by molar-refractivity contribution is 0.475. The zero-order valence-electron chi connectivity index (χ0n) is 9.47. The van der Waals surface area contributed by atoms with Crippen LogP contribution in [0.1, 0.15) is 0 Å². The number of anilines is 1. The molecule has 0 aliphatic carbocycles. The fourth-order valence-corrected chi connectivity index (χ4v) is 2.81. The summed E-state index contributed by atoms with van der Waals surface area (Å²) in [4.78, 5) is -0.211. The zero-order chi connectivity index (χ0) is 14.0. The van der Waals surface area contributed by atoms with Crippen LogP contribution in [0.5, 0.6) is 5.75 Å². The van der Waals surface area contributed by atoms with Crippen molar-refractivity contribution in [2.75, 3.05) is 4.72 Å². The largest absolute Gasteiger partial charge is 0.508 e. The molecule has 19 heavy (non-hydrogen) atoms. The fourth-order valence-electron chi connectivity index (χ4n) is 1.42. The van der Waals surface area contributed by atoms with E-state index in [4.69, 9.17) is 11.6 Å². The van der Waals surface area contributed by atoms with Crippen molar-refractivity contribution in [2.45, 2.75) is 4.90 Å². The van der Waals surface area contributed by atoms with E-state index < -0.39 is 15.8 Å². The van der Waals surface area contributed by atoms with Crippen LogP contribution < -0.4 is 4.72 Å². The van der Waals surface area contributed by atoms with E-state index in [1.165, 1.54) is 30.3 Å². The molecule has 0 spiro atoms. The van der Waals surface area contributed by atoms with E-state index >= 15 is 0 Å². The van der Waals surface area contributed by atoms with Gasteiger partial charge in [-0.2, -0.15) is 0 Å². The fraction of sp³-hybridized carbons (Fsp3) is 0. The summed E-state index contributed by atoms with van der Waals surface area (Å²) < 4.78 is 39.2. The highest BCUT2D eigenvalue weighted by atomic mass is 35.5. The first-order chi connectivity index (χ1) is 8.88. The number of sulfonamides is 1. The molecule has 0 bridgehead atoms. The van der Waals surface area contributed by atoms with Gasteiger partial charge in [-0.3, -0.25) is 4.72 Å². The molecule has 2 aromatic rings. The number of aromatic hydroxyl groups is 1. The molecule has 0 aliphatic heterocycles. The molecule has 0 fully saturated rings. The van der Waals surface area contributed by atoms with Crippen LogP contribution in [0.3, 0.4) is 0 Å². The Morgan fingerprint density at radius 1 is 1.16 bits per heavy atom. The van der Waals surface area contributed by atoms with Crippen LogP contribution in [0.15, 0.2) is 47.4 Å². The Bertz CT molecular complexity index is 719. The van der Waals surface area contributed by atoms with Gasteiger partial charge in [0.1, 0.15) is 11.6 Å². The van der Waals surface area contributed by atoms with Gasteiger partial charge in [0, 0.05) is 6.07 Å². The first-order valence-corrected chi connectivity index (χ1v) is 7.01. The lowest BCUT2D eigenvalue weighted by atomic mass is 10.3. The Morgan fingerprint density at radius 2 is 1.89 bits per heavy atom. The van der Waals surface area contributed by atoms with E-state index in [1.807, 2.05) is 0 Å².